The number of benzene rings is 2. The number of rotatable bonds is 4. The fourth-order valence-electron chi connectivity index (χ4n) is 3.76. The Hall–Kier alpha value is -3.08. The van der Waals surface area contributed by atoms with Crippen LogP contribution < -0.4 is 0 Å². The van der Waals surface area contributed by atoms with E-state index >= 15 is 0 Å². The summed E-state index contributed by atoms with van der Waals surface area (Å²) in [6, 6.07) is 17.6. The number of likely N-dealkylation sites (tertiary alicyclic amines) is 1. The van der Waals surface area contributed by atoms with E-state index in [4.69, 9.17) is 4.74 Å². The Bertz CT molecular complexity index is 928. The van der Waals surface area contributed by atoms with E-state index in [1.165, 1.54) is 4.90 Å². The summed E-state index contributed by atoms with van der Waals surface area (Å²) in [5, 5.41) is 9.82. The lowest BCUT2D eigenvalue weighted by Crippen LogP contribution is -2.52. The smallest absolute Gasteiger partial charge is 0.411 e. The van der Waals surface area contributed by atoms with Crippen molar-refractivity contribution in [1.29, 1.82) is 0 Å². The van der Waals surface area contributed by atoms with E-state index in [-0.39, 0.29) is 6.04 Å². The molecule has 0 unspecified atom stereocenters. The standard InChI is InChI=1S/C25H29NO4/c1-24(2,3)30-23(29)26-21(16-17-25(26,4)22(27)28)20-14-12-19(13-15-20)11-10-18-8-6-5-7-9-18/h5-15,21H,16-17H2,1-4H3,(H,27,28)/t21-,25+/m1/s1. The third kappa shape index (κ3) is 4.73. The Morgan fingerprint density at radius 1 is 1.03 bits per heavy atom. The molecule has 3 rings (SSSR count). The van der Waals surface area contributed by atoms with Gasteiger partial charge in [0.2, 0.25) is 0 Å². The Kier molecular flexibility index (Phi) is 6.01. The van der Waals surface area contributed by atoms with Gasteiger partial charge in [-0.2, -0.15) is 0 Å². The van der Waals surface area contributed by atoms with Gasteiger partial charge >= 0.3 is 12.1 Å². The van der Waals surface area contributed by atoms with Crippen LogP contribution in [0.3, 0.4) is 0 Å². The van der Waals surface area contributed by atoms with Crippen molar-refractivity contribution in [1.82, 2.24) is 4.90 Å². The van der Waals surface area contributed by atoms with E-state index in [1.54, 1.807) is 27.7 Å². The zero-order chi connectivity index (χ0) is 21.9. The van der Waals surface area contributed by atoms with Crippen LogP contribution in [0.5, 0.6) is 0 Å². The second kappa shape index (κ2) is 8.34. The van der Waals surface area contributed by atoms with E-state index in [1.807, 2.05) is 66.7 Å². The van der Waals surface area contributed by atoms with Crippen molar-refractivity contribution < 1.29 is 19.4 Å². The topological polar surface area (TPSA) is 66.8 Å². The maximum atomic E-state index is 12.9. The lowest BCUT2D eigenvalue weighted by atomic mass is 9.99. The molecule has 0 aliphatic carbocycles. The number of carbonyl (C=O) groups excluding carboxylic acids is 1. The molecule has 0 radical (unpaired) electrons. The molecule has 30 heavy (non-hydrogen) atoms. The molecule has 1 aliphatic rings. The van der Waals surface area contributed by atoms with E-state index < -0.39 is 23.2 Å². The number of nitrogens with zero attached hydrogens (tertiary/aromatic N) is 1. The second-order valence-electron chi connectivity index (χ2n) is 8.89. The number of aliphatic carboxylic acids is 1. The van der Waals surface area contributed by atoms with Gasteiger partial charge in [-0.15, -0.1) is 0 Å². The van der Waals surface area contributed by atoms with Crippen LogP contribution in [-0.4, -0.2) is 33.2 Å². The van der Waals surface area contributed by atoms with Crippen molar-refractivity contribution in [3.63, 3.8) is 0 Å². The molecule has 1 fully saturated rings. The lowest BCUT2D eigenvalue weighted by molar-refractivity contribution is -0.149. The Labute approximate surface area is 178 Å². The van der Waals surface area contributed by atoms with E-state index in [0.717, 1.165) is 16.7 Å². The van der Waals surface area contributed by atoms with Crippen molar-refractivity contribution in [3.8, 4) is 0 Å². The van der Waals surface area contributed by atoms with Gasteiger partial charge in [-0.25, -0.2) is 9.59 Å². The van der Waals surface area contributed by atoms with Gasteiger partial charge in [0, 0.05) is 0 Å². The van der Waals surface area contributed by atoms with Gasteiger partial charge in [-0.05, 0) is 57.2 Å². The molecule has 0 spiro atoms. The zero-order valence-corrected chi connectivity index (χ0v) is 18.0. The van der Waals surface area contributed by atoms with Gasteiger partial charge in [0.05, 0.1) is 6.04 Å². The molecule has 1 heterocycles. The monoisotopic (exact) mass is 407 g/mol. The Morgan fingerprint density at radius 2 is 1.60 bits per heavy atom. The minimum atomic E-state index is -1.29. The highest BCUT2D eigenvalue weighted by Gasteiger charge is 2.52. The van der Waals surface area contributed by atoms with Gasteiger partial charge in [-0.3, -0.25) is 4.90 Å². The van der Waals surface area contributed by atoms with Crippen LogP contribution in [0.15, 0.2) is 54.6 Å². The number of ether oxygens (including phenoxy) is 1. The predicted molar refractivity (Wildman–Crippen MR) is 118 cm³/mol. The molecule has 158 valence electrons. The van der Waals surface area contributed by atoms with Crippen LogP contribution in [0.2, 0.25) is 0 Å². The van der Waals surface area contributed by atoms with Crippen LogP contribution in [-0.2, 0) is 9.53 Å². The lowest BCUT2D eigenvalue weighted by Gasteiger charge is -2.36. The van der Waals surface area contributed by atoms with E-state index in [9.17, 15) is 14.7 Å². The number of hydrogen-bond donors (Lipinski definition) is 1. The normalized spacial score (nSPS) is 21.7. The van der Waals surface area contributed by atoms with Crippen molar-refractivity contribution in [2.45, 2.75) is 57.7 Å². The fraction of sp³-hybridized carbons (Fsp3) is 0.360. The Balaban J connectivity index is 1.84. The number of hydrogen-bond acceptors (Lipinski definition) is 3. The van der Waals surface area contributed by atoms with Crippen LogP contribution >= 0.6 is 0 Å². The third-order valence-corrected chi connectivity index (χ3v) is 5.39. The molecule has 2 aromatic rings. The molecule has 1 amide bonds. The summed E-state index contributed by atoms with van der Waals surface area (Å²) in [4.78, 5) is 26.3. The molecule has 1 N–H and O–H groups in total. The third-order valence-electron chi connectivity index (χ3n) is 5.39. The summed E-state index contributed by atoms with van der Waals surface area (Å²) in [6.45, 7) is 6.93. The van der Waals surface area contributed by atoms with Crippen molar-refractivity contribution in [2.24, 2.45) is 0 Å². The molecular weight excluding hydrogens is 378 g/mol. The summed E-state index contributed by atoms with van der Waals surface area (Å²) in [7, 11) is 0. The largest absolute Gasteiger partial charge is 0.480 e. The minimum Gasteiger partial charge on any atom is -0.480 e. The average Bonchev–Trinajstić information content (AvgIpc) is 3.05. The molecule has 2 aromatic carbocycles. The maximum Gasteiger partial charge on any atom is 0.411 e. The highest BCUT2D eigenvalue weighted by molar-refractivity contribution is 5.85. The first-order valence-corrected chi connectivity index (χ1v) is 10.2. The van der Waals surface area contributed by atoms with Gasteiger partial charge in [0.15, 0.2) is 0 Å². The molecule has 1 aliphatic heterocycles. The maximum absolute atomic E-state index is 12.9. The van der Waals surface area contributed by atoms with Crippen LogP contribution in [0.25, 0.3) is 12.2 Å². The van der Waals surface area contributed by atoms with Crippen molar-refractivity contribution in [3.05, 3.63) is 71.3 Å². The first kappa shape index (κ1) is 21.6. The number of carboxylic acid groups (broad SMARTS) is 1. The first-order valence-electron chi connectivity index (χ1n) is 10.2. The SMILES string of the molecule is CC(C)(C)OC(=O)N1[C@@H](c2ccc(C=Cc3ccccc3)cc2)CC[C@@]1(C)C(=O)O. The molecular formula is C25H29NO4. The van der Waals surface area contributed by atoms with Crippen molar-refractivity contribution >= 4 is 24.2 Å². The van der Waals surface area contributed by atoms with Gasteiger partial charge in [0.1, 0.15) is 11.1 Å². The molecule has 0 saturated carbocycles. The number of carbonyl (C=O) groups is 2. The van der Waals surface area contributed by atoms with E-state index in [0.29, 0.717) is 12.8 Å². The highest BCUT2D eigenvalue weighted by atomic mass is 16.6. The Morgan fingerprint density at radius 3 is 2.13 bits per heavy atom. The summed E-state index contributed by atoms with van der Waals surface area (Å²) < 4.78 is 5.54. The summed E-state index contributed by atoms with van der Waals surface area (Å²) in [5.41, 5.74) is 1.06. The van der Waals surface area contributed by atoms with Crippen LogP contribution in [0, 0.1) is 0 Å². The molecule has 2 atom stereocenters. The molecule has 0 bridgehead atoms. The molecule has 5 heteroatoms. The summed E-state index contributed by atoms with van der Waals surface area (Å²) >= 11 is 0. The highest BCUT2D eigenvalue weighted by Crippen LogP contribution is 2.43. The van der Waals surface area contributed by atoms with Crippen LogP contribution in [0.1, 0.15) is 63.3 Å². The fourth-order valence-corrected chi connectivity index (χ4v) is 3.76. The predicted octanol–water partition coefficient (Wildman–Crippen LogP) is 5.77. The zero-order valence-electron chi connectivity index (χ0n) is 18.0. The van der Waals surface area contributed by atoms with Gasteiger partial charge in [-0.1, -0.05) is 66.7 Å². The summed E-state index contributed by atoms with van der Waals surface area (Å²) in [5.74, 6) is -1.02. The van der Waals surface area contributed by atoms with Crippen LogP contribution in [0.4, 0.5) is 4.79 Å². The van der Waals surface area contributed by atoms with Gasteiger partial charge in [0.25, 0.3) is 0 Å². The van der Waals surface area contributed by atoms with Crippen molar-refractivity contribution in [2.75, 3.05) is 0 Å². The first-order chi connectivity index (χ1) is 14.1. The minimum absolute atomic E-state index is 0.340. The van der Waals surface area contributed by atoms with Gasteiger partial charge < -0.3 is 9.84 Å². The summed E-state index contributed by atoms with van der Waals surface area (Å²) in [6.07, 6.45) is 4.42. The number of carboxylic acids is 1. The quantitative estimate of drug-likeness (QED) is 0.653. The molecule has 5 nitrogen and oxygen atoms in total. The number of amides is 1. The second-order valence-corrected chi connectivity index (χ2v) is 8.89. The average molecular weight is 408 g/mol. The molecule has 0 aromatic heterocycles. The van der Waals surface area contributed by atoms with E-state index in [2.05, 4.69) is 0 Å². The molecule has 1 saturated heterocycles.